The second-order valence-corrected chi connectivity index (χ2v) is 5.71. The van der Waals surface area contributed by atoms with E-state index >= 15 is 0 Å². The molecule has 4 heteroatoms. The summed E-state index contributed by atoms with van der Waals surface area (Å²) >= 11 is 3.61. The first-order valence-electron chi connectivity index (χ1n) is 6.90. The van der Waals surface area contributed by atoms with Crippen LogP contribution in [0.1, 0.15) is 29.6 Å². The van der Waals surface area contributed by atoms with E-state index in [1.165, 1.54) is 11.1 Å². The third kappa shape index (κ3) is 3.06. The van der Waals surface area contributed by atoms with Crippen LogP contribution in [-0.4, -0.2) is 16.7 Å². The van der Waals surface area contributed by atoms with Crippen LogP contribution in [0.25, 0.3) is 0 Å². The third-order valence-electron chi connectivity index (χ3n) is 3.69. The van der Waals surface area contributed by atoms with Crippen LogP contribution in [0.4, 0.5) is 0 Å². The average molecular weight is 337 g/mol. The van der Waals surface area contributed by atoms with Gasteiger partial charge in [-0.1, -0.05) is 19.1 Å². The first-order chi connectivity index (χ1) is 9.56. The molecule has 0 spiro atoms. The second kappa shape index (κ2) is 6.44. The SMILES string of the molecule is CCc1cc(CCc2nc(C)n(C)c2Br)ccc1OC. The van der Waals surface area contributed by atoms with Gasteiger partial charge in [-0.2, -0.15) is 0 Å². The number of ether oxygens (including phenoxy) is 1. The molecule has 108 valence electrons. The Bertz CT molecular complexity index is 605. The lowest BCUT2D eigenvalue weighted by Crippen LogP contribution is -1.96. The zero-order valence-corrected chi connectivity index (χ0v) is 14.1. The van der Waals surface area contributed by atoms with Gasteiger partial charge >= 0.3 is 0 Å². The van der Waals surface area contributed by atoms with E-state index < -0.39 is 0 Å². The predicted octanol–water partition coefficient (Wildman–Crippen LogP) is 3.85. The van der Waals surface area contributed by atoms with Crippen LogP contribution in [0.5, 0.6) is 5.75 Å². The fourth-order valence-corrected chi connectivity index (χ4v) is 2.88. The number of halogens is 1. The first kappa shape index (κ1) is 15.1. The van der Waals surface area contributed by atoms with E-state index in [-0.39, 0.29) is 0 Å². The van der Waals surface area contributed by atoms with Gasteiger partial charge in [0.25, 0.3) is 0 Å². The van der Waals surface area contributed by atoms with Crippen molar-refractivity contribution in [2.24, 2.45) is 7.05 Å². The molecule has 1 heterocycles. The number of rotatable bonds is 5. The van der Waals surface area contributed by atoms with Gasteiger partial charge in [-0.15, -0.1) is 0 Å². The molecule has 0 unspecified atom stereocenters. The molecule has 0 amide bonds. The van der Waals surface area contributed by atoms with Crippen LogP contribution in [0.3, 0.4) is 0 Å². The fraction of sp³-hybridized carbons (Fsp3) is 0.438. The maximum atomic E-state index is 5.37. The lowest BCUT2D eigenvalue weighted by atomic mass is 10.0. The number of imidazole rings is 1. The molecule has 0 aliphatic heterocycles. The number of methoxy groups -OCH3 is 1. The lowest BCUT2D eigenvalue weighted by molar-refractivity contribution is 0.410. The molecule has 0 bridgehead atoms. The van der Waals surface area contributed by atoms with Gasteiger partial charge in [0.2, 0.25) is 0 Å². The van der Waals surface area contributed by atoms with Gasteiger partial charge in [0, 0.05) is 7.05 Å². The molecule has 0 fully saturated rings. The Kier molecular flexibility index (Phi) is 4.86. The lowest BCUT2D eigenvalue weighted by Gasteiger charge is -2.09. The Labute approximate surface area is 129 Å². The van der Waals surface area contributed by atoms with Crippen molar-refractivity contribution in [3.05, 3.63) is 45.4 Å². The Morgan fingerprint density at radius 1 is 1.30 bits per heavy atom. The molecule has 0 aliphatic rings. The molecule has 1 aromatic carbocycles. The van der Waals surface area contributed by atoms with E-state index in [0.717, 1.165) is 41.1 Å². The summed E-state index contributed by atoms with van der Waals surface area (Å²) in [4.78, 5) is 4.59. The summed E-state index contributed by atoms with van der Waals surface area (Å²) in [5.74, 6) is 2.02. The monoisotopic (exact) mass is 336 g/mol. The highest BCUT2D eigenvalue weighted by Gasteiger charge is 2.10. The topological polar surface area (TPSA) is 27.1 Å². The fourth-order valence-electron chi connectivity index (χ4n) is 2.34. The molecule has 2 rings (SSSR count). The summed E-state index contributed by atoms with van der Waals surface area (Å²) in [6.45, 7) is 4.18. The highest BCUT2D eigenvalue weighted by Crippen LogP contribution is 2.23. The van der Waals surface area contributed by atoms with Crippen molar-refractivity contribution in [1.29, 1.82) is 0 Å². The average Bonchev–Trinajstić information content (AvgIpc) is 2.72. The number of aryl methyl sites for hydroxylation is 4. The van der Waals surface area contributed by atoms with E-state index in [1.54, 1.807) is 7.11 Å². The zero-order valence-electron chi connectivity index (χ0n) is 12.5. The summed E-state index contributed by atoms with van der Waals surface area (Å²) in [5, 5.41) is 0. The second-order valence-electron chi connectivity index (χ2n) is 4.96. The first-order valence-corrected chi connectivity index (χ1v) is 7.69. The molecule has 0 aliphatic carbocycles. The zero-order chi connectivity index (χ0) is 14.7. The predicted molar refractivity (Wildman–Crippen MR) is 85.4 cm³/mol. The smallest absolute Gasteiger partial charge is 0.122 e. The van der Waals surface area contributed by atoms with E-state index in [1.807, 2.05) is 14.0 Å². The number of nitrogens with zero attached hydrogens (tertiary/aromatic N) is 2. The van der Waals surface area contributed by atoms with Gasteiger partial charge in [0.05, 0.1) is 12.8 Å². The van der Waals surface area contributed by atoms with E-state index in [9.17, 15) is 0 Å². The van der Waals surface area contributed by atoms with Crippen molar-refractivity contribution >= 4 is 15.9 Å². The summed E-state index contributed by atoms with van der Waals surface area (Å²) in [5.41, 5.74) is 3.72. The number of aromatic nitrogens is 2. The molecule has 3 nitrogen and oxygen atoms in total. The van der Waals surface area contributed by atoms with E-state index in [0.29, 0.717) is 0 Å². The van der Waals surface area contributed by atoms with Gasteiger partial charge in [-0.25, -0.2) is 4.98 Å². The Hall–Kier alpha value is -1.29. The maximum Gasteiger partial charge on any atom is 0.122 e. The molecule has 0 atom stereocenters. The Morgan fingerprint density at radius 2 is 2.05 bits per heavy atom. The van der Waals surface area contributed by atoms with Crippen molar-refractivity contribution < 1.29 is 4.74 Å². The Balaban J connectivity index is 2.12. The van der Waals surface area contributed by atoms with Gasteiger partial charge < -0.3 is 9.30 Å². The van der Waals surface area contributed by atoms with Gasteiger partial charge in [-0.05, 0) is 59.3 Å². The normalized spacial score (nSPS) is 10.8. The number of benzene rings is 1. The third-order valence-corrected chi connectivity index (χ3v) is 4.68. The maximum absolute atomic E-state index is 5.37. The van der Waals surface area contributed by atoms with Gasteiger partial charge in [0.15, 0.2) is 0 Å². The molecule has 0 radical (unpaired) electrons. The van der Waals surface area contributed by atoms with Gasteiger partial charge in [0.1, 0.15) is 16.2 Å². The van der Waals surface area contributed by atoms with Crippen molar-refractivity contribution in [1.82, 2.24) is 9.55 Å². The van der Waals surface area contributed by atoms with Crippen molar-refractivity contribution in [3.8, 4) is 5.75 Å². The largest absolute Gasteiger partial charge is 0.496 e. The van der Waals surface area contributed by atoms with Crippen LogP contribution >= 0.6 is 15.9 Å². The molecular weight excluding hydrogens is 316 g/mol. The van der Waals surface area contributed by atoms with Crippen LogP contribution in [-0.2, 0) is 26.3 Å². The summed E-state index contributed by atoms with van der Waals surface area (Å²) < 4.78 is 8.52. The standard InChI is InChI=1S/C16H21BrN2O/c1-5-13-10-12(7-9-15(13)20-4)6-8-14-16(17)19(3)11(2)18-14/h7,9-10H,5-6,8H2,1-4H3. The molecule has 0 saturated heterocycles. The molecule has 1 aromatic heterocycles. The van der Waals surface area contributed by atoms with Crippen molar-refractivity contribution in [2.45, 2.75) is 33.1 Å². The van der Waals surface area contributed by atoms with Crippen LogP contribution in [0, 0.1) is 6.92 Å². The van der Waals surface area contributed by atoms with Crippen molar-refractivity contribution in [3.63, 3.8) is 0 Å². The minimum absolute atomic E-state index is 0.942. The molecule has 0 N–H and O–H groups in total. The molecule has 2 aromatic rings. The summed E-state index contributed by atoms with van der Waals surface area (Å²) in [6.07, 6.45) is 2.92. The van der Waals surface area contributed by atoms with Crippen molar-refractivity contribution in [2.75, 3.05) is 7.11 Å². The molecule has 0 saturated carbocycles. The summed E-state index contributed by atoms with van der Waals surface area (Å²) in [6, 6.07) is 6.44. The van der Waals surface area contributed by atoms with Crippen LogP contribution in [0.2, 0.25) is 0 Å². The molecule has 20 heavy (non-hydrogen) atoms. The van der Waals surface area contributed by atoms with Crippen LogP contribution in [0.15, 0.2) is 22.8 Å². The number of hydrogen-bond acceptors (Lipinski definition) is 2. The van der Waals surface area contributed by atoms with Gasteiger partial charge in [-0.3, -0.25) is 0 Å². The Morgan fingerprint density at radius 3 is 2.60 bits per heavy atom. The minimum atomic E-state index is 0.942. The van der Waals surface area contributed by atoms with E-state index in [2.05, 4.69) is 50.6 Å². The van der Waals surface area contributed by atoms with E-state index in [4.69, 9.17) is 4.74 Å². The highest BCUT2D eigenvalue weighted by molar-refractivity contribution is 9.10. The molecular formula is C16H21BrN2O. The van der Waals surface area contributed by atoms with Crippen LogP contribution < -0.4 is 4.74 Å². The number of hydrogen-bond donors (Lipinski definition) is 0. The summed E-state index contributed by atoms with van der Waals surface area (Å²) in [7, 11) is 3.75. The minimum Gasteiger partial charge on any atom is -0.496 e. The quantitative estimate of drug-likeness (QED) is 0.829. The highest BCUT2D eigenvalue weighted by atomic mass is 79.9.